The molecule has 0 bridgehead atoms. The lowest BCUT2D eigenvalue weighted by Gasteiger charge is -2.45. The Hall–Kier alpha value is -4.32. The van der Waals surface area contributed by atoms with Gasteiger partial charge in [0.05, 0.1) is 6.61 Å². The van der Waals surface area contributed by atoms with Crippen LogP contribution in [-0.2, 0) is 89.2 Å². The smallest absolute Gasteiger partial charge is 0.330 e. The summed E-state index contributed by atoms with van der Waals surface area (Å²) < 4.78 is 81.6. The Balaban J connectivity index is 1.89. The van der Waals surface area contributed by atoms with Crippen LogP contribution in [0.1, 0.15) is 47.8 Å². The Morgan fingerprint density at radius 1 is 0.685 bits per heavy atom. The maximum Gasteiger partial charge on any atom is 0.330 e. The molecule has 54 heavy (non-hydrogen) atoms. The molecule has 11 atom stereocenters. The number of nitrogens with zero attached hydrogens (tertiary/aromatic N) is 1. The zero-order chi connectivity index (χ0) is 40.7. The number of carbonyl (C=O) groups is 6. The number of hydrogen-bond acceptors (Lipinski definition) is 23. The second kappa shape index (κ2) is 18.3. The molecule has 27 heteroatoms. The number of carbonyl (C=O) groups excluding carboxylic acids is 6. The molecule has 302 valence electrons. The van der Waals surface area contributed by atoms with Crippen LogP contribution in [-0.4, -0.2) is 108 Å². The highest BCUT2D eigenvalue weighted by molar-refractivity contribution is 7.59. The summed E-state index contributed by atoms with van der Waals surface area (Å²) in [4.78, 5) is 123. The van der Waals surface area contributed by atoms with E-state index in [0.29, 0.717) is 4.57 Å². The standard InChI is InChI=1S/C27H36N2O23P2/c1-11(30)42-9-17-20(44-12(2)31)22(46-14(4)33)24(48-16(6)35)26(50-17)51-54(40,41)52-53(38,39)43-10-18-21(45-13(3)32)23(47-15(5)34)25(49-18)29-8-7-19(36)28-27(29)37/h7-8,17-18,20-26H,9-10H2,1-6H3,(H,38,39)(H,40,41)(H,28,36,37)/p-2/t17-,18-,20-,21-,22+,23-,24-,25-,26-/m1/s1. The van der Waals surface area contributed by atoms with Crippen molar-refractivity contribution in [3.05, 3.63) is 33.1 Å². The zero-order valence-corrected chi connectivity index (χ0v) is 30.8. The largest absolute Gasteiger partial charge is 0.756 e. The number of esters is 6. The number of phosphoric ester groups is 2. The third kappa shape index (κ3) is 12.6. The monoisotopic (exact) mass is 816 g/mol. The van der Waals surface area contributed by atoms with E-state index in [9.17, 15) is 57.3 Å². The van der Waals surface area contributed by atoms with Gasteiger partial charge in [0.1, 0.15) is 18.8 Å². The van der Waals surface area contributed by atoms with Crippen LogP contribution in [0.3, 0.4) is 0 Å². The highest BCUT2D eigenvalue weighted by atomic mass is 31.3. The topological polar surface area (TPSA) is 339 Å². The van der Waals surface area contributed by atoms with Gasteiger partial charge in [0.2, 0.25) is 6.29 Å². The summed E-state index contributed by atoms with van der Waals surface area (Å²) >= 11 is 0. The van der Waals surface area contributed by atoms with Crippen LogP contribution in [0.15, 0.2) is 21.9 Å². The van der Waals surface area contributed by atoms with Crippen molar-refractivity contribution in [2.45, 2.75) is 96.8 Å². The van der Waals surface area contributed by atoms with Crippen molar-refractivity contribution in [1.29, 1.82) is 0 Å². The molecule has 3 heterocycles. The van der Waals surface area contributed by atoms with Crippen LogP contribution in [0, 0.1) is 0 Å². The van der Waals surface area contributed by atoms with E-state index in [-0.39, 0.29) is 0 Å². The van der Waals surface area contributed by atoms with Gasteiger partial charge < -0.3 is 52.2 Å². The van der Waals surface area contributed by atoms with Gasteiger partial charge in [0.25, 0.3) is 21.2 Å². The average Bonchev–Trinajstić information content (AvgIpc) is 3.31. The molecule has 2 saturated heterocycles. The van der Waals surface area contributed by atoms with Gasteiger partial charge >= 0.3 is 41.5 Å². The molecular weight excluding hydrogens is 782 g/mol. The van der Waals surface area contributed by atoms with Gasteiger partial charge in [-0.25, -0.2) is 9.11 Å². The van der Waals surface area contributed by atoms with Crippen molar-refractivity contribution in [3.8, 4) is 0 Å². The Labute approximate surface area is 303 Å². The molecule has 0 radical (unpaired) electrons. The summed E-state index contributed by atoms with van der Waals surface area (Å²) in [5.74, 6) is -6.12. The van der Waals surface area contributed by atoms with Crippen molar-refractivity contribution in [1.82, 2.24) is 9.55 Å². The van der Waals surface area contributed by atoms with E-state index in [0.717, 1.165) is 53.8 Å². The molecule has 2 unspecified atom stereocenters. The second-order valence-corrected chi connectivity index (χ2v) is 14.1. The van der Waals surface area contributed by atoms with Gasteiger partial charge in [-0.1, -0.05) is 0 Å². The SMILES string of the molecule is CC(=O)OC[C@H]1O[C@H](OP(=O)([O-])OP(=O)([O-])OC[C@H]2O[C@@H](n3ccc(=O)[nH]c3=O)[C@H](OC(C)=O)[C@@H]2OC(C)=O)[C@H](OC(C)=O)[C@@H](OC(C)=O)[C@@H]1OC(C)=O. The minimum absolute atomic E-state index is 0.714. The summed E-state index contributed by atoms with van der Waals surface area (Å²) in [6, 6.07) is 0.886. The summed E-state index contributed by atoms with van der Waals surface area (Å²) in [7, 11) is -12.3. The molecule has 2 aliphatic rings. The maximum atomic E-state index is 13.0. The number of rotatable bonds is 15. The number of hydrogen-bond donors (Lipinski definition) is 1. The summed E-state index contributed by atoms with van der Waals surface area (Å²) in [6.45, 7) is 3.44. The summed E-state index contributed by atoms with van der Waals surface area (Å²) in [6.07, 6.45) is -15.7. The van der Waals surface area contributed by atoms with E-state index in [1.165, 1.54) is 0 Å². The van der Waals surface area contributed by atoms with Crippen molar-refractivity contribution < 1.29 is 98.9 Å². The molecule has 0 saturated carbocycles. The van der Waals surface area contributed by atoms with Crippen molar-refractivity contribution in [3.63, 3.8) is 0 Å². The first-order chi connectivity index (χ1) is 25.0. The summed E-state index contributed by atoms with van der Waals surface area (Å²) in [5.41, 5.74) is -1.91. The Morgan fingerprint density at radius 2 is 1.17 bits per heavy atom. The van der Waals surface area contributed by atoms with Crippen molar-refractivity contribution in [2.24, 2.45) is 0 Å². The van der Waals surface area contributed by atoms with Crippen LogP contribution >= 0.6 is 15.6 Å². The van der Waals surface area contributed by atoms with Crippen LogP contribution < -0.4 is 21.0 Å². The minimum Gasteiger partial charge on any atom is -0.756 e. The molecule has 1 aromatic heterocycles. The van der Waals surface area contributed by atoms with Crippen molar-refractivity contribution >= 4 is 51.5 Å². The van der Waals surface area contributed by atoms with Gasteiger partial charge in [-0.05, 0) is 0 Å². The van der Waals surface area contributed by atoms with Crippen molar-refractivity contribution in [2.75, 3.05) is 13.2 Å². The normalized spacial score (nSPS) is 28.7. The molecule has 1 N–H and O–H groups in total. The lowest BCUT2D eigenvalue weighted by molar-refractivity contribution is -0.310. The third-order valence-electron chi connectivity index (χ3n) is 6.79. The number of aromatic amines is 1. The van der Waals surface area contributed by atoms with E-state index in [4.69, 9.17) is 42.4 Å². The molecule has 0 aromatic carbocycles. The molecule has 0 spiro atoms. The van der Waals surface area contributed by atoms with Gasteiger partial charge in [0.15, 0.2) is 36.7 Å². The highest BCUT2D eigenvalue weighted by Crippen LogP contribution is 2.57. The summed E-state index contributed by atoms with van der Waals surface area (Å²) in [5, 5.41) is 0. The lowest BCUT2D eigenvalue weighted by atomic mass is 9.98. The fourth-order valence-electron chi connectivity index (χ4n) is 5.08. The highest BCUT2D eigenvalue weighted by Gasteiger charge is 2.54. The van der Waals surface area contributed by atoms with Crippen LogP contribution in [0.4, 0.5) is 0 Å². The maximum absolute atomic E-state index is 13.0. The van der Waals surface area contributed by atoms with Gasteiger partial charge in [-0.2, -0.15) is 0 Å². The molecule has 1 aromatic rings. The van der Waals surface area contributed by atoms with E-state index in [2.05, 4.69) is 8.83 Å². The van der Waals surface area contributed by atoms with E-state index in [1.54, 1.807) is 0 Å². The predicted molar refractivity (Wildman–Crippen MR) is 162 cm³/mol. The molecule has 25 nitrogen and oxygen atoms in total. The van der Waals surface area contributed by atoms with Crippen LogP contribution in [0.5, 0.6) is 0 Å². The number of ether oxygens (including phenoxy) is 8. The predicted octanol–water partition coefficient (Wildman–Crippen LogP) is -2.63. The second-order valence-electron chi connectivity index (χ2n) is 11.2. The Morgan fingerprint density at radius 3 is 1.69 bits per heavy atom. The fraction of sp³-hybridized carbons (Fsp3) is 0.630. The first-order valence-corrected chi connectivity index (χ1v) is 18.2. The van der Waals surface area contributed by atoms with Gasteiger partial charge in [-0.3, -0.25) is 56.8 Å². The van der Waals surface area contributed by atoms with E-state index >= 15 is 0 Å². The molecule has 0 amide bonds. The lowest BCUT2D eigenvalue weighted by Crippen LogP contribution is -2.62. The Bertz CT molecular complexity index is 1810. The fourth-order valence-corrected chi connectivity index (χ4v) is 7.15. The number of aromatic nitrogens is 2. The number of nitrogens with one attached hydrogen (secondary N) is 1. The molecular formula is C27H34N2O23P2-2. The third-order valence-corrected chi connectivity index (χ3v) is 9.32. The van der Waals surface area contributed by atoms with Crippen LogP contribution in [0.25, 0.3) is 0 Å². The molecule has 2 fully saturated rings. The minimum atomic E-state index is -6.23. The number of phosphoric acid groups is 2. The Kier molecular flexibility index (Phi) is 15.0. The van der Waals surface area contributed by atoms with E-state index < -0.39 is 131 Å². The van der Waals surface area contributed by atoms with Gasteiger partial charge in [0, 0.05) is 53.8 Å². The van der Waals surface area contributed by atoms with Crippen LogP contribution in [0.2, 0.25) is 0 Å². The first kappa shape index (κ1) is 44.1. The molecule has 2 aliphatic heterocycles. The molecule has 3 rings (SSSR count). The first-order valence-electron chi connectivity index (χ1n) is 15.3. The quantitative estimate of drug-likeness (QED) is 0.107. The van der Waals surface area contributed by atoms with Gasteiger partial charge in [-0.15, -0.1) is 0 Å². The van der Waals surface area contributed by atoms with E-state index in [1.807, 2.05) is 4.98 Å². The zero-order valence-electron chi connectivity index (χ0n) is 29.0. The molecule has 0 aliphatic carbocycles. The number of H-pyrrole nitrogens is 1. The average molecular weight is 817 g/mol.